The molecule has 2 N–H and O–H groups in total. The Morgan fingerprint density at radius 2 is 1.33 bits per heavy atom. The molecule has 1 saturated heterocycles. The number of anilines is 1. The second-order valence-corrected chi connectivity index (χ2v) is 8.53. The molecule has 0 aromatic heterocycles. The first kappa shape index (κ1) is 18.9. The molecule has 2 aromatic rings. The topological polar surface area (TPSA) is 101 Å². The van der Waals surface area contributed by atoms with Crippen molar-refractivity contribution in [2.45, 2.75) is 4.90 Å². The average Bonchev–Trinajstić information content (AvgIpc) is 2.66. The van der Waals surface area contributed by atoms with Gasteiger partial charge in [-0.3, -0.25) is 9.59 Å². The van der Waals surface area contributed by atoms with Crippen LogP contribution in [0.1, 0.15) is 20.7 Å². The molecule has 1 aliphatic rings. The Hall–Kier alpha value is -2.87. The van der Waals surface area contributed by atoms with Gasteiger partial charge < -0.3 is 15.5 Å². The van der Waals surface area contributed by atoms with Crippen LogP contribution in [0.25, 0.3) is 0 Å². The quantitative estimate of drug-likeness (QED) is 0.800. The highest BCUT2D eigenvalue weighted by Gasteiger charge is 2.26. The van der Waals surface area contributed by atoms with Crippen molar-refractivity contribution in [2.75, 3.05) is 38.2 Å². The lowest BCUT2D eigenvalue weighted by molar-refractivity contribution is 0.0535. The summed E-state index contributed by atoms with van der Waals surface area (Å²) in [6, 6.07) is 12.8. The number of rotatable bonds is 3. The van der Waals surface area contributed by atoms with E-state index in [4.69, 9.17) is 5.73 Å². The highest BCUT2D eigenvalue weighted by molar-refractivity contribution is 7.90. The van der Waals surface area contributed by atoms with Crippen LogP contribution in [-0.4, -0.2) is 62.5 Å². The molecule has 0 spiro atoms. The Kier molecular flexibility index (Phi) is 5.18. The maximum absolute atomic E-state index is 12.7. The molecule has 0 aliphatic carbocycles. The Balaban J connectivity index is 1.67. The van der Waals surface area contributed by atoms with Gasteiger partial charge in [0.15, 0.2) is 9.84 Å². The third kappa shape index (κ3) is 4.28. The summed E-state index contributed by atoms with van der Waals surface area (Å²) in [4.78, 5) is 28.7. The maximum Gasteiger partial charge on any atom is 0.254 e. The zero-order chi connectivity index (χ0) is 19.6. The molecule has 142 valence electrons. The van der Waals surface area contributed by atoms with Gasteiger partial charge in [0, 0.05) is 49.2 Å². The van der Waals surface area contributed by atoms with Gasteiger partial charge >= 0.3 is 0 Å². The van der Waals surface area contributed by atoms with E-state index in [0.717, 1.165) is 6.26 Å². The number of carbonyl (C=O) groups is 2. The van der Waals surface area contributed by atoms with E-state index in [0.29, 0.717) is 43.0 Å². The second-order valence-electron chi connectivity index (χ2n) is 6.51. The summed E-state index contributed by atoms with van der Waals surface area (Å²) in [6.07, 6.45) is 1.11. The van der Waals surface area contributed by atoms with Crippen LogP contribution in [0.2, 0.25) is 0 Å². The summed E-state index contributed by atoms with van der Waals surface area (Å²) in [6.45, 7) is 1.59. The van der Waals surface area contributed by atoms with Gasteiger partial charge in [0.25, 0.3) is 11.8 Å². The molecule has 0 saturated carbocycles. The minimum absolute atomic E-state index is 0.115. The van der Waals surface area contributed by atoms with Gasteiger partial charge in [-0.15, -0.1) is 0 Å². The molecule has 27 heavy (non-hydrogen) atoms. The molecular formula is C19H21N3O4S. The molecular weight excluding hydrogens is 366 g/mol. The molecule has 0 atom stereocenters. The number of hydrogen-bond acceptors (Lipinski definition) is 5. The van der Waals surface area contributed by atoms with Crippen LogP contribution in [-0.2, 0) is 9.84 Å². The van der Waals surface area contributed by atoms with Crippen LogP contribution in [0, 0.1) is 0 Å². The largest absolute Gasteiger partial charge is 0.399 e. The van der Waals surface area contributed by atoms with Gasteiger partial charge in [0.1, 0.15) is 0 Å². The normalized spacial score (nSPS) is 14.9. The predicted molar refractivity (Wildman–Crippen MR) is 102 cm³/mol. The molecule has 1 heterocycles. The SMILES string of the molecule is CS(=O)(=O)c1cccc(C(=O)N2CCN(C(=O)c3cccc(N)c3)CC2)c1. The van der Waals surface area contributed by atoms with E-state index in [1.807, 2.05) is 0 Å². The number of sulfone groups is 1. The van der Waals surface area contributed by atoms with Crippen molar-refractivity contribution in [1.29, 1.82) is 0 Å². The fourth-order valence-corrected chi connectivity index (χ4v) is 3.68. The minimum atomic E-state index is -3.38. The smallest absolute Gasteiger partial charge is 0.254 e. The molecule has 1 fully saturated rings. The lowest BCUT2D eigenvalue weighted by atomic mass is 10.1. The number of benzene rings is 2. The average molecular weight is 387 g/mol. The molecule has 2 amide bonds. The van der Waals surface area contributed by atoms with Gasteiger partial charge in [-0.1, -0.05) is 12.1 Å². The zero-order valence-electron chi connectivity index (χ0n) is 15.0. The third-order valence-corrected chi connectivity index (χ3v) is 5.61. The molecule has 0 bridgehead atoms. The maximum atomic E-state index is 12.7. The van der Waals surface area contributed by atoms with E-state index in [1.54, 1.807) is 46.2 Å². The molecule has 0 unspecified atom stereocenters. The fraction of sp³-hybridized carbons (Fsp3) is 0.263. The van der Waals surface area contributed by atoms with E-state index in [9.17, 15) is 18.0 Å². The lowest BCUT2D eigenvalue weighted by Crippen LogP contribution is -2.50. The number of hydrogen-bond donors (Lipinski definition) is 1. The first-order valence-corrected chi connectivity index (χ1v) is 10.4. The van der Waals surface area contributed by atoms with Crippen molar-refractivity contribution in [2.24, 2.45) is 0 Å². The van der Waals surface area contributed by atoms with Gasteiger partial charge in [0.2, 0.25) is 0 Å². The summed E-state index contributed by atoms with van der Waals surface area (Å²) in [5, 5.41) is 0. The van der Waals surface area contributed by atoms with Crippen LogP contribution in [0.4, 0.5) is 5.69 Å². The van der Waals surface area contributed by atoms with E-state index in [1.165, 1.54) is 12.1 Å². The highest BCUT2D eigenvalue weighted by atomic mass is 32.2. The van der Waals surface area contributed by atoms with E-state index >= 15 is 0 Å². The zero-order valence-corrected chi connectivity index (χ0v) is 15.8. The highest BCUT2D eigenvalue weighted by Crippen LogP contribution is 2.16. The molecule has 7 nitrogen and oxygen atoms in total. The number of piperazine rings is 1. The monoisotopic (exact) mass is 387 g/mol. The summed E-state index contributed by atoms with van der Waals surface area (Å²) in [7, 11) is -3.38. The summed E-state index contributed by atoms with van der Waals surface area (Å²) in [5.74, 6) is -0.356. The molecule has 0 radical (unpaired) electrons. The van der Waals surface area contributed by atoms with Crippen molar-refractivity contribution in [1.82, 2.24) is 9.80 Å². The van der Waals surface area contributed by atoms with Crippen LogP contribution in [0.15, 0.2) is 53.4 Å². The van der Waals surface area contributed by atoms with Crippen molar-refractivity contribution in [3.8, 4) is 0 Å². The Labute approximate surface area is 158 Å². The second kappa shape index (κ2) is 7.40. The van der Waals surface area contributed by atoms with Crippen LogP contribution >= 0.6 is 0 Å². The standard InChI is InChI=1S/C19H21N3O4S/c1-27(25,26)17-7-3-5-15(13-17)19(24)22-10-8-21(9-11-22)18(23)14-4-2-6-16(20)12-14/h2-7,12-13H,8-11,20H2,1H3. The first-order valence-electron chi connectivity index (χ1n) is 8.50. The molecule has 8 heteroatoms. The fourth-order valence-electron chi connectivity index (χ4n) is 3.01. The Morgan fingerprint density at radius 1 is 0.852 bits per heavy atom. The van der Waals surface area contributed by atoms with Crippen molar-refractivity contribution in [3.05, 3.63) is 59.7 Å². The summed E-state index contributed by atoms with van der Waals surface area (Å²) < 4.78 is 23.4. The number of amides is 2. The van der Waals surface area contributed by atoms with E-state index in [-0.39, 0.29) is 16.7 Å². The first-order chi connectivity index (χ1) is 12.8. The van der Waals surface area contributed by atoms with Crippen molar-refractivity contribution >= 4 is 27.3 Å². The number of nitrogen functional groups attached to an aromatic ring is 1. The molecule has 1 aliphatic heterocycles. The minimum Gasteiger partial charge on any atom is -0.399 e. The van der Waals surface area contributed by atoms with Crippen LogP contribution in [0.3, 0.4) is 0 Å². The lowest BCUT2D eigenvalue weighted by Gasteiger charge is -2.35. The third-order valence-electron chi connectivity index (χ3n) is 4.50. The van der Waals surface area contributed by atoms with Gasteiger partial charge in [-0.2, -0.15) is 0 Å². The Bertz CT molecular complexity index is 980. The van der Waals surface area contributed by atoms with E-state index < -0.39 is 9.84 Å². The van der Waals surface area contributed by atoms with Crippen LogP contribution < -0.4 is 5.73 Å². The predicted octanol–water partition coefficient (Wildman–Crippen LogP) is 1.27. The van der Waals surface area contributed by atoms with Gasteiger partial charge in [0.05, 0.1) is 4.90 Å². The van der Waals surface area contributed by atoms with Crippen molar-refractivity contribution in [3.63, 3.8) is 0 Å². The van der Waals surface area contributed by atoms with Gasteiger partial charge in [-0.05, 0) is 36.4 Å². The molecule has 2 aromatic carbocycles. The summed E-state index contributed by atoms with van der Waals surface area (Å²) >= 11 is 0. The summed E-state index contributed by atoms with van der Waals surface area (Å²) in [5.41, 5.74) is 7.11. The Morgan fingerprint density at radius 3 is 1.81 bits per heavy atom. The van der Waals surface area contributed by atoms with Crippen molar-refractivity contribution < 1.29 is 18.0 Å². The number of nitrogens with zero attached hydrogens (tertiary/aromatic N) is 2. The van der Waals surface area contributed by atoms with Gasteiger partial charge in [-0.25, -0.2) is 8.42 Å². The van der Waals surface area contributed by atoms with Crippen LogP contribution in [0.5, 0.6) is 0 Å². The van der Waals surface area contributed by atoms with E-state index in [2.05, 4.69) is 0 Å². The number of nitrogens with two attached hydrogens (primary N) is 1. The number of carbonyl (C=O) groups excluding carboxylic acids is 2. The molecule has 3 rings (SSSR count).